The first kappa shape index (κ1) is 30.8. The molecule has 2 fully saturated rings. The predicted octanol–water partition coefficient (Wildman–Crippen LogP) is 5.24. The molecule has 1 saturated carbocycles. The van der Waals surface area contributed by atoms with Gasteiger partial charge in [-0.05, 0) is 62.6 Å². The number of nitrogens with zero attached hydrogens (tertiary/aromatic N) is 5. The van der Waals surface area contributed by atoms with Crippen LogP contribution in [0.1, 0.15) is 31.7 Å². The van der Waals surface area contributed by atoms with Crippen LogP contribution in [0.4, 0.5) is 14.6 Å². The van der Waals surface area contributed by atoms with Gasteiger partial charge in [0.15, 0.2) is 21.3 Å². The summed E-state index contributed by atoms with van der Waals surface area (Å²) in [5, 5.41) is -0.584. The molecule has 13 heteroatoms. The average molecular weight is 654 g/mol. The Morgan fingerprint density at radius 2 is 1.82 bits per heavy atom. The molecule has 3 heterocycles. The van der Waals surface area contributed by atoms with Crippen molar-refractivity contribution >= 4 is 44.2 Å². The number of fused-ring (bicyclic) bond motifs is 1. The molecule has 234 valence electrons. The molecular weight excluding hydrogens is 624 g/mol. The van der Waals surface area contributed by atoms with E-state index in [1.54, 1.807) is 28.9 Å². The number of aromatic nitrogens is 3. The third-order valence-electron chi connectivity index (χ3n) is 8.61. The van der Waals surface area contributed by atoms with Gasteiger partial charge in [0.2, 0.25) is 5.91 Å². The summed E-state index contributed by atoms with van der Waals surface area (Å²) in [5.74, 6) is -1.87. The second-order valence-electron chi connectivity index (χ2n) is 11.4. The molecule has 1 aliphatic carbocycles. The highest BCUT2D eigenvalue weighted by Crippen LogP contribution is 2.38. The minimum atomic E-state index is -3.86. The molecule has 2 aromatic heterocycles. The van der Waals surface area contributed by atoms with Crippen molar-refractivity contribution in [3.05, 3.63) is 87.8 Å². The van der Waals surface area contributed by atoms with Gasteiger partial charge in [-0.25, -0.2) is 31.5 Å². The fourth-order valence-electron chi connectivity index (χ4n) is 6.04. The molecule has 9 nitrogen and oxygen atoms in total. The monoisotopic (exact) mass is 653 g/mol. The van der Waals surface area contributed by atoms with Crippen LogP contribution in [-0.2, 0) is 14.6 Å². The molecule has 45 heavy (non-hydrogen) atoms. The topological polar surface area (TPSA) is 105 Å². The zero-order chi connectivity index (χ0) is 32.2. The molecule has 0 bridgehead atoms. The zero-order valence-corrected chi connectivity index (χ0v) is 26.2. The number of benzene rings is 2. The van der Waals surface area contributed by atoms with Gasteiger partial charge in [0.05, 0.1) is 31.8 Å². The molecule has 0 unspecified atom stereocenters. The van der Waals surface area contributed by atoms with Crippen molar-refractivity contribution in [2.45, 2.75) is 49.3 Å². The highest BCUT2D eigenvalue weighted by atomic mass is 35.5. The first-order chi connectivity index (χ1) is 21.4. The lowest BCUT2D eigenvalue weighted by Gasteiger charge is -2.40. The zero-order valence-electron chi connectivity index (χ0n) is 24.6. The quantitative estimate of drug-likeness (QED) is 0.262. The first-order valence-corrected chi connectivity index (χ1v) is 16.5. The minimum absolute atomic E-state index is 0.0533. The Morgan fingerprint density at radius 1 is 1.09 bits per heavy atom. The summed E-state index contributed by atoms with van der Waals surface area (Å²) in [4.78, 5) is 38.6. The maximum Gasteiger partial charge on any atom is 0.355 e. The van der Waals surface area contributed by atoms with Gasteiger partial charge in [0.1, 0.15) is 17.3 Å². The van der Waals surface area contributed by atoms with E-state index in [1.807, 2.05) is 6.92 Å². The number of halogens is 3. The van der Waals surface area contributed by atoms with Crippen LogP contribution in [0.15, 0.2) is 64.8 Å². The number of aryl methyl sites for hydroxylation is 1. The summed E-state index contributed by atoms with van der Waals surface area (Å²) in [6.07, 6.45) is 3.01. The number of sulfone groups is 1. The maximum atomic E-state index is 16.0. The molecule has 2 aliphatic rings. The number of rotatable bonds is 6. The lowest BCUT2D eigenvalue weighted by molar-refractivity contribution is -0.126. The Kier molecular flexibility index (Phi) is 7.98. The van der Waals surface area contributed by atoms with E-state index >= 15 is 8.78 Å². The maximum absolute atomic E-state index is 16.0. The molecule has 2 aromatic carbocycles. The summed E-state index contributed by atoms with van der Waals surface area (Å²) < 4.78 is 59.7. The number of piperazine rings is 1. The van der Waals surface area contributed by atoms with Gasteiger partial charge >= 0.3 is 5.69 Å². The molecular formula is C32H30ClF2N5O4S. The van der Waals surface area contributed by atoms with Crippen molar-refractivity contribution in [1.82, 2.24) is 19.4 Å². The summed E-state index contributed by atoms with van der Waals surface area (Å²) in [6.45, 7) is 7.89. The first-order valence-electron chi connectivity index (χ1n) is 14.5. The lowest BCUT2D eigenvalue weighted by atomic mass is 10.00. The van der Waals surface area contributed by atoms with Crippen LogP contribution in [0.2, 0.25) is 5.02 Å². The minimum Gasteiger partial charge on any atom is -0.350 e. The fraction of sp³-hybridized carbons (Fsp3) is 0.312. The van der Waals surface area contributed by atoms with Crippen LogP contribution in [0, 0.1) is 18.6 Å². The van der Waals surface area contributed by atoms with E-state index in [0.717, 1.165) is 23.1 Å². The lowest BCUT2D eigenvalue weighted by Crippen LogP contribution is -2.54. The number of para-hydroxylation sites is 1. The summed E-state index contributed by atoms with van der Waals surface area (Å²) in [6, 6.07) is 9.37. The second kappa shape index (κ2) is 11.6. The van der Waals surface area contributed by atoms with Crippen molar-refractivity contribution in [1.29, 1.82) is 0 Å². The Bertz CT molecular complexity index is 2030. The van der Waals surface area contributed by atoms with Gasteiger partial charge in [0, 0.05) is 25.7 Å². The molecule has 0 N–H and O–H groups in total. The standard InChI is InChI=1S/C32H30ClF2N5O4S/c1-4-26(41)38-14-15-39(19(3)17-38)30-21-16-24(35)28(27-22(33)11-7-12-23(27)34)36-31(21)40(32(42)37-30)29-18(2)8-5-13-25(29)45(43,44)20-9-6-10-20/h4-5,7-8,11-13,16,19-20H,1,6,9-10,14-15,17H2,2-3H3/t19-/m0/s1. The Morgan fingerprint density at radius 3 is 2.47 bits per heavy atom. The molecule has 0 radical (unpaired) electrons. The second-order valence-corrected chi connectivity index (χ2v) is 14.0. The van der Waals surface area contributed by atoms with E-state index in [1.165, 1.54) is 24.3 Å². The number of anilines is 1. The number of hydrogen-bond donors (Lipinski definition) is 0. The van der Waals surface area contributed by atoms with Gasteiger partial charge in [-0.15, -0.1) is 0 Å². The van der Waals surface area contributed by atoms with Crippen molar-refractivity contribution in [3.63, 3.8) is 0 Å². The van der Waals surface area contributed by atoms with Crippen LogP contribution in [0.5, 0.6) is 0 Å². The molecule has 1 aliphatic heterocycles. The van der Waals surface area contributed by atoms with Crippen LogP contribution in [0.3, 0.4) is 0 Å². The number of pyridine rings is 1. The van der Waals surface area contributed by atoms with Crippen molar-refractivity contribution in [2.24, 2.45) is 0 Å². The highest BCUT2D eigenvalue weighted by Gasteiger charge is 2.36. The summed E-state index contributed by atoms with van der Waals surface area (Å²) in [7, 11) is -3.86. The van der Waals surface area contributed by atoms with Crippen LogP contribution in [0.25, 0.3) is 28.0 Å². The molecule has 1 amide bonds. The van der Waals surface area contributed by atoms with Gasteiger partial charge < -0.3 is 9.80 Å². The van der Waals surface area contributed by atoms with Crippen LogP contribution >= 0.6 is 11.6 Å². The van der Waals surface area contributed by atoms with E-state index in [4.69, 9.17) is 11.6 Å². The van der Waals surface area contributed by atoms with Crippen molar-refractivity contribution in [3.8, 4) is 16.9 Å². The molecule has 1 atom stereocenters. The fourth-order valence-corrected chi connectivity index (χ4v) is 8.39. The smallest absolute Gasteiger partial charge is 0.350 e. The van der Waals surface area contributed by atoms with Crippen molar-refractivity contribution in [2.75, 3.05) is 24.5 Å². The van der Waals surface area contributed by atoms with Crippen LogP contribution in [-0.4, -0.2) is 64.7 Å². The highest BCUT2D eigenvalue weighted by molar-refractivity contribution is 7.92. The third-order valence-corrected chi connectivity index (χ3v) is 11.2. The van der Waals surface area contributed by atoms with E-state index in [-0.39, 0.29) is 63.1 Å². The summed E-state index contributed by atoms with van der Waals surface area (Å²) >= 11 is 6.31. The van der Waals surface area contributed by atoms with E-state index in [0.29, 0.717) is 24.9 Å². The Balaban J connectivity index is 1.66. The molecule has 1 saturated heterocycles. The van der Waals surface area contributed by atoms with Crippen molar-refractivity contribution < 1.29 is 22.0 Å². The number of carbonyl (C=O) groups excluding carboxylic acids is 1. The largest absolute Gasteiger partial charge is 0.355 e. The number of hydrogen-bond acceptors (Lipinski definition) is 7. The summed E-state index contributed by atoms with van der Waals surface area (Å²) in [5.41, 5.74) is -1.20. The van der Waals surface area contributed by atoms with E-state index < -0.39 is 38.1 Å². The van der Waals surface area contributed by atoms with E-state index in [9.17, 15) is 18.0 Å². The van der Waals surface area contributed by atoms with E-state index in [2.05, 4.69) is 16.5 Å². The Hall–Kier alpha value is -4.16. The predicted molar refractivity (Wildman–Crippen MR) is 169 cm³/mol. The Labute approximate surface area is 263 Å². The van der Waals surface area contributed by atoms with Gasteiger partial charge in [-0.2, -0.15) is 4.98 Å². The average Bonchev–Trinajstić information content (AvgIpc) is 2.96. The molecule has 0 spiro atoms. The van der Waals surface area contributed by atoms with Gasteiger partial charge in [-0.3, -0.25) is 4.79 Å². The van der Waals surface area contributed by atoms with Crippen LogP contribution < -0.4 is 10.6 Å². The SMILES string of the molecule is C=CC(=O)N1CCN(c2nc(=O)n(-c3c(C)cccc3S(=O)(=O)C3CCC3)c3nc(-c4c(F)cccc4Cl)c(F)cc23)[C@@H](C)C1. The molecule has 6 rings (SSSR count). The third kappa shape index (κ3) is 5.19. The normalized spacial score (nSPS) is 17.4. The van der Waals surface area contributed by atoms with Gasteiger partial charge in [0.25, 0.3) is 0 Å². The molecule has 4 aromatic rings. The number of amides is 1. The van der Waals surface area contributed by atoms with Gasteiger partial charge in [-0.1, -0.05) is 42.8 Å². The number of carbonyl (C=O) groups is 1.